The highest BCUT2D eigenvalue weighted by Crippen LogP contribution is 2.37. The molecule has 5 nitrogen and oxygen atoms in total. The third-order valence-electron chi connectivity index (χ3n) is 4.57. The number of rotatable bonds is 6. The maximum absolute atomic E-state index is 13.9. The number of aryl methyl sites for hydroxylation is 1. The molecule has 0 saturated heterocycles. The van der Waals surface area contributed by atoms with Crippen LogP contribution in [0.3, 0.4) is 0 Å². The van der Waals surface area contributed by atoms with Gasteiger partial charge in [0, 0.05) is 22.0 Å². The van der Waals surface area contributed by atoms with Gasteiger partial charge in [-0.05, 0) is 50.4 Å². The van der Waals surface area contributed by atoms with Gasteiger partial charge >= 0.3 is 0 Å². The largest absolute Gasteiger partial charge is 0.365 e. The second-order valence-corrected chi connectivity index (χ2v) is 8.21. The molecule has 1 aliphatic rings. The van der Waals surface area contributed by atoms with Crippen LogP contribution in [0.25, 0.3) is 0 Å². The van der Waals surface area contributed by atoms with Gasteiger partial charge in [0.05, 0.1) is 12.1 Å². The second kappa shape index (κ2) is 8.37. The van der Waals surface area contributed by atoms with E-state index in [1.54, 1.807) is 18.0 Å². The van der Waals surface area contributed by atoms with Crippen LogP contribution in [-0.4, -0.2) is 30.3 Å². The first-order valence-corrected chi connectivity index (χ1v) is 9.92. The predicted octanol–water partition coefficient (Wildman–Crippen LogP) is 3.59. The number of nitrogens with two attached hydrogens (primary N) is 1. The van der Waals surface area contributed by atoms with Crippen molar-refractivity contribution in [1.82, 2.24) is 4.90 Å². The number of benzene rings is 1. The minimum Gasteiger partial charge on any atom is -0.365 e. The molecule has 0 spiro atoms. The molecule has 3 N–H and O–H groups in total. The molecule has 1 aliphatic carbocycles. The number of anilines is 1. The van der Waals surface area contributed by atoms with Crippen LogP contribution in [0, 0.1) is 5.82 Å². The Hall–Kier alpha value is -1.96. The molecule has 2 aromatic rings. The molecule has 27 heavy (non-hydrogen) atoms. The molecule has 0 aliphatic heterocycles. The lowest BCUT2D eigenvalue weighted by molar-refractivity contribution is -0.117. The number of carbonyl (C=O) groups excluding carboxylic acids is 2. The van der Waals surface area contributed by atoms with E-state index in [0.29, 0.717) is 21.2 Å². The number of hydrogen-bond donors (Lipinski definition) is 2. The summed E-state index contributed by atoms with van der Waals surface area (Å²) in [5.41, 5.74) is 7.30. The van der Waals surface area contributed by atoms with Crippen molar-refractivity contribution in [2.45, 2.75) is 32.2 Å². The number of amides is 2. The van der Waals surface area contributed by atoms with Gasteiger partial charge in [0.15, 0.2) is 0 Å². The van der Waals surface area contributed by atoms with Crippen molar-refractivity contribution in [2.75, 3.05) is 18.9 Å². The number of halogens is 2. The lowest BCUT2D eigenvalue weighted by Crippen LogP contribution is -2.30. The fourth-order valence-corrected chi connectivity index (χ4v) is 4.87. The number of nitrogens with zero attached hydrogens (tertiary/aromatic N) is 1. The number of hydrogen-bond acceptors (Lipinski definition) is 4. The van der Waals surface area contributed by atoms with Crippen molar-refractivity contribution in [3.63, 3.8) is 0 Å². The van der Waals surface area contributed by atoms with Gasteiger partial charge in [0.1, 0.15) is 10.8 Å². The highest BCUT2D eigenvalue weighted by molar-refractivity contribution is 7.17. The van der Waals surface area contributed by atoms with Crippen molar-refractivity contribution in [2.24, 2.45) is 5.73 Å². The lowest BCUT2D eigenvalue weighted by Gasteiger charge is -2.17. The van der Waals surface area contributed by atoms with Gasteiger partial charge in [-0.2, -0.15) is 0 Å². The Morgan fingerprint density at radius 1 is 1.33 bits per heavy atom. The first-order chi connectivity index (χ1) is 12.9. The van der Waals surface area contributed by atoms with E-state index < -0.39 is 11.7 Å². The highest BCUT2D eigenvalue weighted by atomic mass is 35.5. The molecule has 1 aromatic heterocycles. The monoisotopic (exact) mass is 409 g/mol. The summed E-state index contributed by atoms with van der Waals surface area (Å²) in [5.74, 6) is -1.21. The standard InChI is InChI=1S/C19H21ClFN3O2S/c1-24(9-12-13(20)6-4-7-14(12)21)10-16(25)23-19-17(18(22)26)11-5-2-3-8-15(11)27-19/h4,6-7H,2-3,5,8-10H2,1H3,(H2,22,26)(H,23,25). The van der Waals surface area contributed by atoms with Gasteiger partial charge < -0.3 is 11.1 Å². The van der Waals surface area contributed by atoms with Gasteiger partial charge in [-0.1, -0.05) is 17.7 Å². The minimum absolute atomic E-state index is 0.0332. The SMILES string of the molecule is CN(CC(=O)Nc1sc2c(c1C(N)=O)CCCC2)Cc1c(F)cccc1Cl. The smallest absolute Gasteiger partial charge is 0.251 e. The van der Waals surface area contributed by atoms with Crippen molar-refractivity contribution in [1.29, 1.82) is 0 Å². The van der Waals surface area contributed by atoms with Gasteiger partial charge in [-0.25, -0.2) is 4.39 Å². The van der Waals surface area contributed by atoms with Gasteiger partial charge in [0.25, 0.3) is 5.91 Å². The van der Waals surface area contributed by atoms with Crippen molar-refractivity contribution < 1.29 is 14.0 Å². The fourth-order valence-electron chi connectivity index (χ4n) is 3.34. The normalized spacial score (nSPS) is 13.5. The number of primary amides is 1. The van der Waals surface area contributed by atoms with Gasteiger partial charge in [-0.15, -0.1) is 11.3 Å². The molecule has 8 heteroatoms. The van der Waals surface area contributed by atoms with Crippen molar-refractivity contribution in [3.8, 4) is 0 Å². The molecule has 3 rings (SSSR count). The van der Waals surface area contributed by atoms with Crippen molar-refractivity contribution in [3.05, 3.63) is 50.6 Å². The fraction of sp³-hybridized carbons (Fsp3) is 0.368. The van der Waals surface area contributed by atoms with Crippen LogP contribution in [0.15, 0.2) is 18.2 Å². The summed E-state index contributed by atoms with van der Waals surface area (Å²) in [5, 5.41) is 3.64. The first-order valence-electron chi connectivity index (χ1n) is 8.72. The number of likely N-dealkylation sites (N-methyl/N-ethyl adjacent to an activating group) is 1. The van der Waals surface area contributed by atoms with Gasteiger partial charge in [0.2, 0.25) is 5.91 Å². The summed E-state index contributed by atoms with van der Waals surface area (Å²) in [6, 6.07) is 4.49. The summed E-state index contributed by atoms with van der Waals surface area (Å²) in [7, 11) is 1.71. The zero-order valence-electron chi connectivity index (χ0n) is 15.0. The maximum atomic E-state index is 13.9. The van der Waals surface area contributed by atoms with Crippen LogP contribution < -0.4 is 11.1 Å². The van der Waals surface area contributed by atoms with E-state index >= 15 is 0 Å². The van der Waals surface area contributed by atoms with E-state index in [1.165, 1.54) is 23.5 Å². The van der Waals surface area contributed by atoms with E-state index in [-0.39, 0.29) is 19.0 Å². The van der Waals surface area contributed by atoms with E-state index in [1.807, 2.05) is 0 Å². The third kappa shape index (κ3) is 4.48. The molecule has 0 saturated carbocycles. The maximum Gasteiger partial charge on any atom is 0.251 e. The Morgan fingerprint density at radius 3 is 2.78 bits per heavy atom. The van der Waals surface area contributed by atoms with E-state index in [9.17, 15) is 14.0 Å². The molecule has 0 radical (unpaired) electrons. The molecule has 0 unspecified atom stereocenters. The topological polar surface area (TPSA) is 75.4 Å². The Labute approximate surface area is 166 Å². The summed E-state index contributed by atoms with van der Waals surface area (Å²) < 4.78 is 13.9. The van der Waals surface area contributed by atoms with Gasteiger partial charge in [-0.3, -0.25) is 14.5 Å². The van der Waals surface area contributed by atoms with Crippen LogP contribution >= 0.6 is 22.9 Å². The van der Waals surface area contributed by atoms with Crippen LogP contribution in [0.5, 0.6) is 0 Å². The zero-order valence-corrected chi connectivity index (χ0v) is 16.6. The second-order valence-electron chi connectivity index (χ2n) is 6.70. The Kier molecular flexibility index (Phi) is 6.14. The Balaban J connectivity index is 1.69. The predicted molar refractivity (Wildman–Crippen MR) is 106 cm³/mol. The molecule has 1 heterocycles. The third-order valence-corrected chi connectivity index (χ3v) is 6.14. The van der Waals surface area contributed by atoms with E-state index in [4.69, 9.17) is 17.3 Å². The quantitative estimate of drug-likeness (QED) is 0.765. The zero-order chi connectivity index (χ0) is 19.6. The van der Waals surface area contributed by atoms with Crippen LogP contribution in [0.1, 0.15) is 39.2 Å². The summed E-state index contributed by atoms with van der Waals surface area (Å²) in [4.78, 5) is 27.1. The number of thiophene rings is 1. The molecule has 0 atom stereocenters. The van der Waals surface area contributed by atoms with Crippen LogP contribution in [0.4, 0.5) is 9.39 Å². The molecule has 0 fully saturated rings. The highest BCUT2D eigenvalue weighted by Gasteiger charge is 2.25. The Bertz CT molecular complexity index is 864. The lowest BCUT2D eigenvalue weighted by atomic mass is 9.95. The minimum atomic E-state index is -0.517. The summed E-state index contributed by atoms with van der Waals surface area (Å²) in [6.07, 6.45) is 3.81. The molecule has 0 bridgehead atoms. The van der Waals surface area contributed by atoms with Crippen LogP contribution in [-0.2, 0) is 24.2 Å². The first kappa shape index (κ1) is 19.8. The Morgan fingerprint density at radius 2 is 2.07 bits per heavy atom. The van der Waals surface area contributed by atoms with Crippen LogP contribution in [0.2, 0.25) is 5.02 Å². The summed E-state index contributed by atoms with van der Waals surface area (Å²) >= 11 is 7.46. The average molecular weight is 410 g/mol. The van der Waals surface area contributed by atoms with Crippen molar-refractivity contribution >= 4 is 39.8 Å². The molecular weight excluding hydrogens is 389 g/mol. The molecular formula is C19H21ClFN3O2S. The molecule has 144 valence electrons. The summed E-state index contributed by atoms with van der Waals surface area (Å²) in [6.45, 7) is 0.230. The molecule has 1 aromatic carbocycles. The number of fused-ring (bicyclic) bond motifs is 1. The number of carbonyl (C=O) groups is 2. The number of nitrogens with one attached hydrogen (secondary N) is 1. The average Bonchev–Trinajstić information content (AvgIpc) is 2.96. The van der Waals surface area contributed by atoms with E-state index in [2.05, 4.69) is 5.32 Å². The molecule has 2 amide bonds. The van der Waals surface area contributed by atoms with E-state index in [0.717, 1.165) is 36.1 Å².